The summed E-state index contributed by atoms with van der Waals surface area (Å²) in [4.78, 5) is 0. The molecule has 3 N–H and O–H groups in total. The minimum atomic E-state index is -0.280. The van der Waals surface area contributed by atoms with Crippen LogP contribution in [0.2, 0.25) is 5.02 Å². The molecule has 0 fully saturated rings. The van der Waals surface area contributed by atoms with Crippen molar-refractivity contribution in [3.8, 4) is 5.75 Å². The zero-order valence-corrected chi connectivity index (χ0v) is 12.0. The van der Waals surface area contributed by atoms with Gasteiger partial charge in [-0.15, -0.1) is 19.0 Å². The van der Waals surface area contributed by atoms with E-state index in [0.29, 0.717) is 17.0 Å². The maximum atomic E-state index is 9.74. The van der Waals surface area contributed by atoms with E-state index in [-0.39, 0.29) is 24.2 Å². The quantitative estimate of drug-likeness (QED) is 0.818. The lowest BCUT2D eigenvalue weighted by Crippen LogP contribution is -2.10. The van der Waals surface area contributed by atoms with Crippen LogP contribution in [0.3, 0.4) is 0 Å². The van der Waals surface area contributed by atoms with Gasteiger partial charge in [0.2, 0.25) is 0 Å². The molecule has 90 valence electrons. The van der Waals surface area contributed by atoms with Gasteiger partial charge in [-0.25, -0.2) is 0 Å². The summed E-state index contributed by atoms with van der Waals surface area (Å²) < 4.78 is 0.803. The highest BCUT2D eigenvalue weighted by Gasteiger charge is 2.14. The maximum absolute atomic E-state index is 9.74. The number of benzene rings is 1. The van der Waals surface area contributed by atoms with E-state index in [1.54, 1.807) is 12.1 Å². The lowest BCUT2D eigenvalue weighted by Gasteiger charge is -2.14. The molecule has 0 saturated heterocycles. The molecule has 0 aromatic heterocycles. The summed E-state index contributed by atoms with van der Waals surface area (Å²) in [5.74, 6) is 0.0496. The summed E-state index contributed by atoms with van der Waals surface area (Å²) >= 11 is 9.15. The lowest BCUT2D eigenvalue weighted by atomic mass is 10.0. The number of hydrogen-bond acceptors (Lipinski definition) is 2. The standard InChI is InChI=1S/C11H13BrClNO.ClH/c1-6(2)3-10(14)8-4-7(12)5-9(13)11(8)15;/h4-5,10,15H,1,3,14H2,2H3;1H/t10-;/m1./s1. The Labute approximate surface area is 115 Å². The molecule has 1 aromatic carbocycles. The Hall–Kier alpha value is -0.220. The third kappa shape index (κ3) is 3.98. The molecule has 0 saturated carbocycles. The van der Waals surface area contributed by atoms with Crippen molar-refractivity contribution in [3.05, 3.63) is 39.3 Å². The highest BCUT2D eigenvalue weighted by atomic mass is 79.9. The zero-order chi connectivity index (χ0) is 11.6. The third-order valence-electron chi connectivity index (χ3n) is 2.03. The molecule has 5 heteroatoms. The topological polar surface area (TPSA) is 46.2 Å². The lowest BCUT2D eigenvalue weighted by molar-refractivity contribution is 0.461. The molecule has 0 spiro atoms. The molecular formula is C11H14BrCl2NO. The van der Waals surface area contributed by atoms with Crippen molar-refractivity contribution in [2.45, 2.75) is 19.4 Å². The molecule has 0 amide bonds. The average Bonchev–Trinajstić information content (AvgIpc) is 2.09. The van der Waals surface area contributed by atoms with Crippen LogP contribution in [0.25, 0.3) is 0 Å². The number of phenols is 1. The summed E-state index contributed by atoms with van der Waals surface area (Å²) in [6, 6.07) is 3.13. The molecule has 2 nitrogen and oxygen atoms in total. The van der Waals surface area contributed by atoms with Gasteiger partial charge in [0.15, 0.2) is 0 Å². The predicted octanol–water partition coefficient (Wildman–Crippen LogP) is 4.20. The van der Waals surface area contributed by atoms with Crippen LogP contribution in [0, 0.1) is 0 Å². The minimum absolute atomic E-state index is 0. The molecule has 0 aliphatic heterocycles. The van der Waals surface area contributed by atoms with Crippen molar-refractivity contribution >= 4 is 39.9 Å². The van der Waals surface area contributed by atoms with Crippen molar-refractivity contribution in [2.75, 3.05) is 0 Å². The summed E-state index contributed by atoms with van der Waals surface area (Å²) in [7, 11) is 0. The van der Waals surface area contributed by atoms with Gasteiger partial charge in [0.05, 0.1) is 5.02 Å². The fraction of sp³-hybridized carbons (Fsp3) is 0.273. The van der Waals surface area contributed by atoms with Crippen LogP contribution in [0.1, 0.15) is 24.9 Å². The van der Waals surface area contributed by atoms with E-state index in [1.807, 2.05) is 6.92 Å². The Morgan fingerprint density at radius 3 is 2.69 bits per heavy atom. The highest BCUT2D eigenvalue weighted by molar-refractivity contribution is 9.10. The van der Waals surface area contributed by atoms with Gasteiger partial charge in [-0.3, -0.25) is 0 Å². The molecule has 0 aliphatic carbocycles. The number of hydrogen-bond donors (Lipinski definition) is 2. The number of phenolic OH excluding ortho intramolecular Hbond substituents is 1. The molecule has 1 rings (SSSR count). The van der Waals surface area contributed by atoms with E-state index < -0.39 is 0 Å². The first-order valence-electron chi connectivity index (χ1n) is 4.49. The summed E-state index contributed by atoms with van der Waals surface area (Å²) in [5.41, 5.74) is 7.54. The van der Waals surface area contributed by atoms with Crippen molar-refractivity contribution in [1.29, 1.82) is 0 Å². The van der Waals surface area contributed by atoms with Gasteiger partial charge in [-0.2, -0.15) is 0 Å². The first-order chi connectivity index (χ1) is 6.91. The largest absolute Gasteiger partial charge is 0.506 e. The monoisotopic (exact) mass is 325 g/mol. The Balaban J connectivity index is 0.00000225. The minimum Gasteiger partial charge on any atom is -0.506 e. The molecule has 0 heterocycles. The van der Waals surface area contributed by atoms with Crippen LogP contribution in [0.15, 0.2) is 28.8 Å². The molecule has 0 unspecified atom stereocenters. The number of halogens is 3. The van der Waals surface area contributed by atoms with E-state index in [4.69, 9.17) is 17.3 Å². The van der Waals surface area contributed by atoms with Gasteiger partial charge in [0.1, 0.15) is 5.75 Å². The first-order valence-corrected chi connectivity index (χ1v) is 5.66. The van der Waals surface area contributed by atoms with Crippen molar-refractivity contribution in [1.82, 2.24) is 0 Å². The Morgan fingerprint density at radius 2 is 2.19 bits per heavy atom. The van der Waals surface area contributed by atoms with Crippen molar-refractivity contribution < 1.29 is 5.11 Å². The van der Waals surface area contributed by atoms with Crippen LogP contribution >= 0.6 is 39.9 Å². The van der Waals surface area contributed by atoms with E-state index >= 15 is 0 Å². The maximum Gasteiger partial charge on any atom is 0.139 e. The average molecular weight is 327 g/mol. The molecule has 1 atom stereocenters. The Bertz CT molecular complexity index is 396. The summed E-state index contributed by atoms with van der Waals surface area (Å²) in [5, 5.41) is 10.0. The third-order valence-corrected chi connectivity index (χ3v) is 2.77. The Morgan fingerprint density at radius 1 is 1.62 bits per heavy atom. The first kappa shape index (κ1) is 15.8. The van der Waals surface area contributed by atoms with Gasteiger partial charge >= 0.3 is 0 Å². The predicted molar refractivity (Wildman–Crippen MR) is 74.4 cm³/mol. The fourth-order valence-corrected chi connectivity index (χ4v) is 2.19. The highest BCUT2D eigenvalue weighted by Crippen LogP contribution is 2.35. The van der Waals surface area contributed by atoms with Gasteiger partial charge in [-0.05, 0) is 25.5 Å². The Kier molecular flexibility index (Phi) is 6.41. The molecule has 0 radical (unpaired) electrons. The normalized spacial score (nSPS) is 11.8. The molecular weight excluding hydrogens is 313 g/mol. The molecule has 1 aromatic rings. The van der Waals surface area contributed by atoms with E-state index in [9.17, 15) is 5.11 Å². The number of rotatable bonds is 3. The fourth-order valence-electron chi connectivity index (χ4n) is 1.35. The van der Waals surface area contributed by atoms with Crippen LogP contribution in [0.5, 0.6) is 5.75 Å². The van der Waals surface area contributed by atoms with E-state index in [1.165, 1.54) is 0 Å². The van der Waals surface area contributed by atoms with Crippen molar-refractivity contribution in [3.63, 3.8) is 0 Å². The SMILES string of the molecule is C=C(C)C[C@@H](N)c1cc(Br)cc(Cl)c1O.Cl. The second-order valence-corrected chi connectivity index (χ2v) is 4.92. The van der Waals surface area contributed by atoms with E-state index in [2.05, 4.69) is 22.5 Å². The zero-order valence-electron chi connectivity index (χ0n) is 8.84. The smallest absolute Gasteiger partial charge is 0.139 e. The van der Waals surface area contributed by atoms with Crippen LogP contribution in [-0.2, 0) is 0 Å². The summed E-state index contributed by atoms with van der Waals surface area (Å²) in [6.45, 7) is 5.69. The van der Waals surface area contributed by atoms with Crippen molar-refractivity contribution in [2.24, 2.45) is 5.73 Å². The molecule has 0 aliphatic rings. The van der Waals surface area contributed by atoms with Gasteiger partial charge in [-0.1, -0.05) is 33.1 Å². The van der Waals surface area contributed by atoms with Gasteiger partial charge < -0.3 is 10.8 Å². The van der Waals surface area contributed by atoms with Crippen LogP contribution in [0.4, 0.5) is 0 Å². The second-order valence-electron chi connectivity index (χ2n) is 3.59. The van der Waals surface area contributed by atoms with E-state index in [0.717, 1.165) is 10.0 Å². The molecule has 16 heavy (non-hydrogen) atoms. The van der Waals surface area contributed by atoms with Crippen LogP contribution < -0.4 is 5.73 Å². The second kappa shape index (κ2) is 6.50. The van der Waals surface area contributed by atoms with Gasteiger partial charge in [0, 0.05) is 16.1 Å². The molecule has 0 bridgehead atoms. The summed E-state index contributed by atoms with van der Waals surface area (Å²) in [6.07, 6.45) is 0.625. The number of nitrogens with two attached hydrogens (primary N) is 1. The van der Waals surface area contributed by atoms with Crippen LogP contribution in [-0.4, -0.2) is 5.11 Å². The number of aromatic hydroxyl groups is 1. The van der Waals surface area contributed by atoms with Gasteiger partial charge in [0.25, 0.3) is 0 Å².